The fraction of sp³-hybridized carbons (Fsp3) is 0.833. The molecule has 2 saturated heterocycles. The Bertz CT molecular complexity index is 202. The molecule has 2 heterocycles. The summed E-state index contributed by atoms with van der Waals surface area (Å²) in [6, 6.07) is 0. The van der Waals surface area contributed by atoms with Crippen molar-refractivity contribution in [2.75, 3.05) is 26.8 Å². The Morgan fingerprint density at radius 2 is 2.21 bits per heavy atom. The maximum Gasteiger partial charge on any atom is 0.0649 e. The van der Waals surface area contributed by atoms with E-state index in [1.54, 1.807) is 7.11 Å². The molecule has 0 amide bonds. The molecular weight excluding hydrogens is 174 g/mol. The monoisotopic (exact) mass is 197 g/mol. The van der Waals surface area contributed by atoms with Crippen LogP contribution in [0.4, 0.5) is 0 Å². The van der Waals surface area contributed by atoms with E-state index in [4.69, 9.17) is 4.74 Å². The molecule has 2 rings (SSSR count). The van der Waals surface area contributed by atoms with E-state index in [2.05, 4.69) is 11.5 Å². The summed E-state index contributed by atoms with van der Waals surface area (Å²) in [4.78, 5) is 2.54. The van der Waals surface area contributed by atoms with Crippen molar-refractivity contribution in [2.45, 2.75) is 38.6 Å². The number of methoxy groups -OCH3 is 1. The Hall–Kier alpha value is -0.340. The summed E-state index contributed by atoms with van der Waals surface area (Å²) in [5.41, 5.74) is 1.72. The first-order valence-corrected chi connectivity index (χ1v) is 5.67. The first-order valence-electron chi connectivity index (χ1n) is 5.67. The van der Waals surface area contributed by atoms with Gasteiger partial charge in [0.1, 0.15) is 0 Å². The van der Waals surface area contributed by atoms with E-state index in [0.29, 0.717) is 5.54 Å². The summed E-state index contributed by atoms with van der Waals surface area (Å²) in [6.45, 7) is 11.3. The third-order valence-corrected chi connectivity index (χ3v) is 3.15. The van der Waals surface area contributed by atoms with Gasteiger partial charge in [-0.15, -0.1) is 0 Å². The van der Waals surface area contributed by atoms with Gasteiger partial charge in [-0.2, -0.15) is 0 Å². The standard InChI is InChI=1S/C10H17NO.C2H6/c1-9-6-10(8-12-2)4-3-5-11(10)7-9;1-2/h1,3-8H2,2H3;1-2H3. The van der Waals surface area contributed by atoms with Gasteiger partial charge in [-0.1, -0.05) is 26.0 Å². The lowest BCUT2D eigenvalue weighted by atomic mass is 9.94. The highest BCUT2D eigenvalue weighted by Gasteiger charge is 2.45. The normalized spacial score (nSPS) is 31.2. The second kappa shape index (κ2) is 4.94. The highest BCUT2D eigenvalue weighted by molar-refractivity contribution is 5.17. The lowest BCUT2D eigenvalue weighted by Gasteiger charge is -2.30. The molecule has 0 bridgehead atoms. The highest BCUT2D eigenvalue weighted by atomic mass is 16.5. The molecule has 1 unspecified atom stereocenters. The number of ether oxygens (including phenoxy) is 1. The third kappa shape index (κ3) is 2.01. The fourth-order valence-corrected chi connectivity index (χ4v) is 2.72. The molecule has 2 fully saturated rings. The summed E-state index contributed by atoms with van der Waals surface area (Å²) in [5.74, 6) is 0. The molecule has 0 spiro atoms. The average Bonchev–Trinajstić information content (AvgIpc) is 2.64. The van der Waals surface area contributed by atoms with Crippen molar-refractivity contribution in [2.24, 2.45) is 0 Å². The first kappa shape index (κ1) is 11.7. The van der Waals surface area contributed by atoms with E-state index in [9.17, 15) is 0 Å². The van der Waals surface area contributed by atoms with Crippen LogP contribution in [-0.4, -0.2) is 37.2 Å². The molecule has 0 aromatic rings. The summed E-state index contributed by atoms with van der Waals surface area (Å²) in [6.07, 6.45) is 3.78. The van der Waals surface area contributed by atoms with Crippen LogP contribution in [0.25, 0.3) is 0 Å². The van der Waals surface area contributed by atoms with Gasteiger partial charge in [0.05, 0.1) is 6.61 Å². The number of hydrogen-bond acceptors (Lipinski definition) is 2. The molecule has 0 aliphatic carbocycles. The zero-order valence-electron chi connectivity index (χ0n) is 9.81. The van der Waals surface area contributed by atoms with Crippen LogP contribution in [0.5, 0.6) is 0 Å². The van der Waals surface area contributed by atoms with E-state index in [-0.39, 0.29) is 0 Å². The van der Waals surface area contributed by atoms with Crippen LogP contribution in [0.1, 0.15) is 33.1 Å². The van der Waals surface area contributed by atoms with Crippen molar-refractivity contribution >= 4 is 0 Å². The maximum atomic E-state index is 5.30. The topological polar surface area (TPSA) is 12.5 Å². The molecule has 2 aliphatic rings. The minimum atomic E-state index is 0.339. The third-order valence-electron chi connectivity index (χ3n) is 3.15. The van der Waals surface area contributed by atoms with Gasteiger partial charge < -0.3 is 4.74 Å². The van der Waals surface area contributed by atoms with E-state index in [1.807, 2.05) is 13.8 Å². The molecule has 14 heavy (non-hydrogen) atoms. The minimum Gasteiger partial charge on any atom is -0.383 e. The van der Waals surface area contributed by atoms with Crippen LogP contribution in [-0.2, 0) is 4.74 Å². The quantitative estimate of drug-likeness (QED) is 0.630. The van der Waals surface area contributed by atoms with Crippen LogP contribution in [0.15, 0.2) is 12.2 Å². The number of rotatable bonds is 2. The predicted molar refractivity (Wildman–Crippen MR) is 60.5 cm³/mol. The SMILES string of the molecule is C=C1CN2CCCC2(COC)C1.CC. The zero-order valence-corrected chi connectivity index (χ0v) is 9.81. The predicted octanol–water partition coefficient (Wildman–Crippen LogP) is 2.45. The summed E-state index contributed by atoms with van der Waals surface area (Å²) < 4.78 is 5.30. The molecule has 2 aliphatic heterocycles. The van der Waals surface area contributed by atoms with Gasteiger partial charge in [0, 0.05) is 19.2 Å². The van der Waals surface area contributed by atoms with Crippen LogP contribution < -0.4 is 0 Å². The smallest absolute Gasteiger partial charge is 0.0649 e. The van der Waals surface area contributed by atoms with Crippen molar-refractivity contribution < 1.29 is 4.74 Å². The van der Waals surface area contributed by atoms with Crippen molar-refractivity contribution in [1.29, 1.82) is 0 Å². The summed E-state index contributed by atoms with van der Waals surface area (Å²) in [5, 5.41) is 0. The lowest BCUT2D eigenvalue weighted by Crippen LogP contribution is -2.42. The van der Waals surface area contributed by atoms with Crippen molar-refractivity contribution in [3.63, 3.8) is 0 Å². The number of fused-ring (bicyclic) bond motifs is 1. The summed E-state index contributed by atoms with van der Waals surface area (Å²) >= 11 is 0. The van der Waals surface area contributed by atoms with Crippen LogP contribution in [0.3, 0.4) is 0 Å². The van der Waals surface area contributed by atoms with Crippen molar-refractivity contribution in [3.8, 4) is 0 Å². The Labute approximate surface area is 87.9 Å². The molecule has 0 radical (unpaired) electrons. The zero-order chi connectivity index (χ0) is 10.6. The van der Waals surface area contributed by atoms with Gasteiger partial charge in [-0.3, -0.25) is 4.90 Å². The Kier molecular flexibility index (Phi) is 4.14. The largest absolute Gasteiger partial charge is 0.383 e. The molecule has 0 aromatic heterocycles. The van der Waals surface area contributed by atoms with E-state index in [0.717, 1.165) is 19.6 Å². The van der Waals surface area contributed by atoms with Gasteiger partial charge in [0.2, 0.25) is 0 Å². The minimum absolute atomic E-state index is 0.339. The van der Waals surface area contributed by atoms with E-state index < -0.39 is 0 Å². The second-order valence-electron chi connectivity index (χ2n) is 4.11. The molecule has 2 heteroatoms. The highest BCUT2D eigenvalue weighted by Crippen LogP contribution is 2.40. The second-order valence-corrected chi connectivity index (χ2v) is 4.11. The van der Waals surface area contributed by atoms with Crippen LogP contribution in [0, 0.1) is 0 Å². The van der Waals surface area contributed by atoms with Gasteiger partial charge in [-0.25, -0.2) is 0 Å². The summed E-state index contributed by atoms with van der Waals surface area (Å²) in [7, 11) is 1.80. The van der Waals surface area contributed by atoms with Gasteiger partial charge in [0.25, 0.3) is 0 Å². The number of nitrogens with zero attached hydrogens (tertiary/aromatic N) is 1. The van der Waals surface area contributed by atoms with Gasteiger partial charge in [-0.05, 0) is 25.8 Å². The Morgan fingerprint density at radius 3 is 2.86 bits per heavy atom. The average molecular weight is 197 g/mol. The number of hydrogen-bond donors (Lipinski definition) is 0. The van der Waals surface area contributed by atoms with E-state index >= 15 is 0 Å². The van der Waals surface area contributed by atoms with Crippen LogP contribution >= 0.6 is 0 Å². The molecule has 82 valence electrons. The van der Waals surface area contributed by atoms with Crippen molar-refractivity contribution in [1.82, 2.24) is 4.90 Å². The first-order chi connectivity index (χ1) is 6.77. The van der Waals surface area contributed by atoms with Crippen molar-refractivity contribution in [3.05, 3.63) is 12.2 Å². The molecule has 1 atom stereocenters. The Balaban J connectivity index is 0.000000461. The lowest BCUT2D eigenvalue weighted by molar-refractivity contribution is 0.0656. The maximum absolute atomic E-state index is 5.30. The fourth-order valence-electron chi connectivity index (χ4n) is 2.72. The molecular formula is C12H23NO. The molecule has 2 nitrogen and oxygen atoms in total. The molecule has 0 aromatic carbocycles. The molecule has 0 saturated carbocycles. The van der Waals surface area contributed by atoms with Gasteiger partial charge >= 0.3 is 0 Å². The van der Waals surface area contributed by atoms with Gasteiger partial charge in [0.15, 0.2) is 0 Å². The Morgan fingerprint density at radius 1 is 1.50 bits per heavy atom. The van der Waals surface area contributed by atoms with E-state index in [1.165, 1.54) is 25.0 Å². The molecule has 0 N–H and O–H groups in total. The van der Waals surface area contributed by atoms with Crippen LogP contribution in [0.2, 0.25) is 0 Å².